The van der Waals surface area contributed by atoms with E-state index in [1.807, 2.05) is 10.9 Å². The standard InChI is InChI=1S/C16H23N5/c1-3-15-19-16(4-2)21(20-15)11-14-6-5-12(10-18-14)9-17-13-7-8-13/h5-6,10,13,17H,3-4,7-9,11H2,1-2H3. The predicted octanol–water partition coefficient (Wildman–Crippen LogP) is 2.10. The molecule has 0 radical (unpaired) electrons. The van der Waals surface area contributed by atoms with Gasteiger partial charge in [-0.3, -0.25) is 4.98 Å². The Morgan fingerprint density at radius 3 is 2.71 bits per heavy atom. The molecule has 0 atom stereocenters. The maximum absolute atomic E-state index is 4.55. The van der Waals surface area contributed by atoms with Gasteiger partial charge in [-0.05, 0) is 24.5 Å². The fraction of sp³-hybridized carbons (Fsp3) is 0.562. The molecule has 21 heavy (non-hydrogen) atoms. The molecule has 2 heterocycles. The van der Waals surface area contributed by atoms with E-state index in [9.17, 15) is 0 Å². The second-order valence-corrected chi connectivity index (χ2v) is 5.62. The number of nitrogens with zero attached hydrogens (tertiary/aromatic N) is 4. The molecular formula is C16H23N5. The molecule has 2 aromatic rings. The first-order valence-corrected chi connectivity index (χ1v) is 7.88. The van der Waals surface area contributed by atoms with Gasteiger partial charge in [0.2, 0.25) is 0 Å². The first-order valence-electron chi connectivity index (χ1n) is 7.88. The van der Waals surface area contributed by atoms with Crippen molar-refractivity contribution in [3.63, 3.8) is 0 Å². The highest BCUT2D eigenvalue weighted by molar-refractivity contribution is 5.15. The Morgan fingerprint density at radius 2 is 2.10 bits per heavy atom. The van der Waals surface area contributed by atoms with Gasteiger partial charge in [-0.1, -0.05) is 19.9 Å². The highest BCUT2D eigenvalue weighted by atomic mass is 15.3. The molecule has 1 fully saturated rings. The molecule has 2 aromatic heterocycles. The zero-order chi connectivity index (χ0) is 14.7. The van der Waals surface area contributed by atoms with Crippen LogP contribution in [-0.2, 0) is 25.9 Å². The van der Waals surface area contributed by atoms with Gasteiger partial charge in [-0.25, -0.2) is 9.67 Å². The van der Waals surface area contributed by atoms with Crippen LogP contribution in [0.15, 0.2) is 18.3 Å². The Kier molecular flexibility index (Phi) is 4.29. The number of rotatable bonds is 7. The van der Waals surface area contributed by atoms with Gasteiger partial charge < -0.3 is 5.32 Å². The minimum absolute atomic E-state index is 0.701. The van der Waals surface area contributed by atoms with Gasteiger partial charge in [-0.2, -0.15) is 5.10 Å². The lowest BCUT2D eigenvalue weighted by Gasteiger charge is -2.06. The SMILES string of the molecule is CCc1nc(CC)n(Cc2ccc(CNC3CC3)cn2)n1. The summed E-state index contributed by atoms with van der Waals surface area (Å²) in [5.41, 5.74) is 2.28. The Hall–Kier alpha value is -1.75. The summed E-state index contributed by atoms with van der Waals surface area (Å²) in [6.07, 6.45) is 6.37. The summed E-state index contributed by atoms with van der Waals surface area (Å²) in [5, 5.41) is 8.04. The Labute approximate surface area is 125 Å². The monoisotopic (exact) mass is 285 g/mol. The number of pyridine rings is 1. The fourth-order valence-corrected chi connectivity index (χ4v) is 2.32. The van der Waals surface area contributed by atoms with Crippen LogP contribution in [0.25, 0.3) is 0 Å². The molecule has 0 aliphatic heterocycles. The van der Waals surface area contributed by atoms with Crippen molar-refractivity contribution in [3.8, 4) is 0 Å². The molecule has 0 saturated heterocycles. The molecule has 0 amide bonds. The molecule has 0 aromatic carbocycles. The van der Waals surface area contributed by atoms with Crippen molar-refractivity contribution < 1.29 is 0 Å². The van der Waals surface area contributed by atoms with E-state index in [1.165, 1.54) is 18.4 Å². The molecule has 1 aliphatic rings. The third-order valence-electron chi connectivity index (χ3n) is 3.79. The van der Waals surface area contributed by atoms with Crippen LogP contribution in [0.2, 0.25) is 0 Å². The van der Waals surface area contributed by atoms with Crippen LogP contribution in [-0.4, -0.2) is 25.8 Å². The van der Waals surface area contributed by atoms with E-state index in [0.717, 1.165) is 42.8 Å². The van der Waals surface area contributed by atoms with Gasteiger partial charge in [0.15, 0.2) is 5.82 Å². The van der Waals surface area contributed by atoms with Crippen molar-refractivity contribution in [3.05, 3.63) is 41.2 Å². The van der Waals surface area contributed by atoms with Crippen molar-refractivity contribution >= 4 is 0 Å². The maximum atomic E-state index is 4.55. The van der Waals surface area contributed by atoms with Crippen LogP contribution < -0.4 is 5.32 Å². The Balaban J connectivity index is 1.64. The zero-order valence-corrected chi connectivity index (χ0v) is 12.8. The van der Waals surface area contributed by atoms with E-state index in [1.54, 1.807) is 0 Å². The van der Waals surface area contributed by atoms with E-state index in [2.05, 4.69) is 46.4 Å². The highest BCUT2D eigenvalue weighted by Crippen LogP contribution is 2.19. The normalized spacial score (nSPS) is 14.6. The third kappa shape index (κ3) is 3.67. The van der Waals surface area contributed by atoms with E-state index >= 15 is 0 Å². The summed E-state index contributed by atoms with van der Waals surface area (Å²) in [6, 6.07) is 4.98. The highest BCUT2D eigenvalue weighted by Gasteiger charge is 2.19. The van der Waals surface area contributed by atoms with Crippen molar-refractivity contribution in [1.29, 1.82) is 0 Å². The van der Waals surface area contributed by atoms with E-state index in [-0.39, 0.29) is 0 Å². The Bertz CT molecular complexity index is 583. The van der Waals surface area contributed by atoms with Crippen molar-refractivity contribution in [1.82, 2.24) is 25.1 Å². The molecule has 1 aliphatic carbocycles. The zero-order valence-electron chi connectivity index (χ0n) is 12.8. The van der Waals surface area contributed by atoms with Gasteiger partial charge >= 0.3 is 0 Å². The second-order valence-electron chi connectivity index (χ2n) is 5.62. The molecule has 3 rings (SSSR count). The van der Waals surface area contributed by atoms with Gasteiger partial charge in [-0.15, -0.1) is 0 Å². The minimum Gasteiger partial charge on any atom is -0.310 e. The van der Waals surface area contributed by atoms with Crippen LogP contribution >= 0.6 is 0 Å². The van der Waals surface area contributed by atoms with Crippen molar-refractivity contribution in [2.45, 2.75) is 58.7 Å². The average molecular weight is 285 g/mol. The number of hydrogen-bond donors (Lipinski definition) is 1. The van der Waals surface area contributed by atoms with Crippen molar-refractivity contribution in [2.24, 2.45) is 0 Å². The van der Waals surface area contributed by atoms with E-state index in [0.29, 0.717) is 6.54 Å². The molecular weight excluding hydrogens is 262 g/mol. The minimum atomic E-state index is 0.701. The van der Waals surface area contributed by atoms with Crippen molar-refractivity contribution in [2.75, 3.05) is 0 Å². The molecule has 5 heteroatoms. The summed E-state index contributed by atoms with van der Waals surface area (Å²) < 4.78 is 1.98. The molecule has 0 bridgehead atoms. The summed E-state index contributed by atoms with van der Waals surface area (Å²) in [6.45, 7) is 5.81. The van der Waals surface area contributed by atoms with E-state index < -0.39 is 0 Å². The van der Waals surface area contributed by atoms with Crippen LogP contribution in [0.5, 0.6) is 0 Å². The maximum Gasteiger partial charge on any atom is 0.150 e. The lowest BCUT2D eigenvalue weighted by molar-refractivity contribution is 0.625. The summed E-state index contributed by atoms with van der Waals surface area (Å²) in [5.74, 6) is 1.95. The van der Waals surface area contributed by atoms with Gasteiger partial charge in [0.05, 0.1) is 12.2 Å². The lowest BCUT2D eigenvalue weighted by atomic mass is 10.2. The summed E-state index contributed by atoms with van der Waals surface area (Å²) in [7, 11) is 0. The predicted molar refractivity (Wildman–Crippen MR) is 82.0 cm³/mol. The molecule has 0 unspecified atom stereocenters. The van der Waals surface area contributed by atoms with Crippen LogP contribution in [0.1, 0.15) is 49.6 Å². The molecule has 5 nitrogen and oxygen atoms in total. The number of aryl methyl sites for hydroxylation is 2. The number of aromatic nitrogens is 4. The van der Waals surface area contributed by atoms with Crippen LogP contribution in [0.4, 0.5) is 0 Å². The first-order chi connectivity index (χ1) is 10.3. The largest absolute Gasteiger partial charge is 0.310 e. The average Bonchev–Trinajstić information content (AvgIpc) is 3.26. The van der Waals surface area contributed by atoms with Gasteiger partial charge in [0.25, 0.3) is 0 Å². The third-order valence-corrected chi connectivity index (χ3v) is 3.79. The Morgan fingerprint density at radius 1 is 1.24 bits per heavy atom. The van der Waals surface area contributed by atoms with Crippen LogP contribution in [0.3, 0.4) is 0 Å². The first kappa shape index (κ1) is 14.2. The lowest BCUT2D eigenvalue weighted by Crippen LogP contribution is -2.15. The number of nitrogens with one attached hydrogen (secondary N) is 1. The van der Waals surface area contributed by atoms with Gasteiger partial charge in [0.1, 0.15) is 5.82 Å². The molecule has 1 saturated carbocycles. The summed E-state index contributed by atoms with van der Waals surface area (Å²) >= 11 is 0. The fourth-order valence-electron chi connectivity index (χ4n) is 2.32. The second kappa shape index (κ2) is 6.35. The summed E-state index contributed by atoms with van der Waals surface area (Å²) in [4.78, 5) is 9.08. The van der Waals surface area contributed by atoms with E-state index in [4.69, 9.17) is 0 Å². The smallest absolute Gasteiger partial charge is 0.150 e. The molecule has 1 N–H and O–H groups in total. The van der Waals surface area contributed by atoms with Gasteiger partial charge in [0, 0.05) is 31.6 Å². The molecule has 112 valence electrons. The topological polar surface area (TPSA) is 55.6 Å². The van der Waals surface area contributed by atoms with Crippen LogP contribution in [0, 0.1) is 0 Å². The quantitative estimate of drug-likeness (QED) is 0.846. The molecule has 0 spiro atoms. The number of hydrogen-bond acceptors (Lipinski definition) is 4.